The van der Waals surface area contributed by atoms with Crippen LogP contribution in [0.25, 0.3) is 11.1 Å². The van der Waals surface area contributed by atoms with Gasteiger partial charge >= 0.3 is 0 Å². The first-order valence-corrected chi connectivity index (χ1v) is 6.07. The second-order valence-electron chi connectivity index (χ2n) is 3.62. The molecule has 0 N–H and O–H groups in total. The average molecular weight is 230 g/mol. The largest absolute Gasteiger partial charge is 0.143 e. The van der Waals surface area contributed by atoms with Crippen LogP contribution in [-0.2, 0) is 0 Å². The van der Waals surface area contributed by atoms with Crippen LogP contribution in [-0.4, -0.2) is 0 Å². The van der Waals surface area contributed by atoms with E-state index in [1.807, 2.05) is 30.3 Å². The third kappa shape index (κ3) is 4.11. The second-order valence-corrected chi connectivity index (χ2v) is 4.14. The van der Waals surface area contributed by atoms with Crippen LogP contribution in [0.2, 0.25) is 0 Å². The summed E-state index contributed by atoms with van der Waals surface area (Å²) in [4.78, 5) is 1.000. The molecule has 0 saturated heterocycles. The van der Waals surface area contributed by atoms with Crippen molar-refractivity contribution in [2.75, 3.05) is 0 Å². The lowest BCUT2D eigenvalue weighted by Crippen LogP contribution is -1.75. The van der Waals surface area contributed by atoms with E-state index in [9.17, 15) is 0 Å². The Labute approximate surface area is 104 Å². The maximum atomic E-state index is 4.24. The normalized spacial score (nSPS) is 9.19. The summed E-state index contributed by atoms with van der Waals surface area (Å²) in [5, 5.41) is 0. The topological polar surface area (TPSA) is 0 Å². The summed E-state index contributed by atoms with van der Waals surface area (Å²) >= 11 is 4.24. The van der Waals surface area contributed by atoms with Gasteiger partial charge in [0.15, 0.2) is 0 Å². The maximum Gasteiger partial charge on any atom is 0.00404 e. The highest BCUT2D eigenvalue weighted by Crippen LogP contribution is 2.19. The van der Waals surface area contributed by atoms with Crippen LogP contribution < -0.4 is 0 Å². The van der Waals surface area contributed by atoms with Crippen molar-refractivity contribution in [3.05, 3.63) is 54.6 Å². The third-order valence-corrected chi connectivity index (χ3v) is 2.27. The van der Waals surface area contributed by atoms with Crippen LogP contribution in [0.3, 0.4) is 0 Å². The Kier molecular flexibility index (Phi) is 5.73. The van der Waals surface area contributed by atoms with Gasteiger partial charge in [-0.05, 0) is 23.3 Å². The van der Waals surface area contributed by atoms with Gasteiger partial charge in [-0.15, -0.1) is 12.6 Å². The molecule has 0 fully saturated rings. The molecule has 84 valence electrons. The second kappa shape index (κ2) is 7.13. The fraction of sp³-hybridized carbons (Fsp3) is 0.200. The minimum absolute atomic E-state index is 1.000. The Morgan fingerprint density at radius 3 is 1.69 bits per heavy atom. The van der Waals surface area contributed by atoms with Crippen LogP contribution in [0, 0.1) is 0 Å². The summed E-state index contributed by atoms with van der Waals surface area (Å²) in [6, 6.07) is 18.5. The fourth-order valence-corrected chi connectivity index (χ4v) is 1.43. The molecule has 0 spiro atoms. The molecule has 0 radical (unpaired) electrons. The van der Waals surface area contributed by atoms with Crippen molar-refractivity contribution in [1.82, 2.24) is 0 Å². The summed E-state index contributed by atoms with van der Waals surface area (Å²) in [5.41, 5.74) is 2.48. The van der Waals surface area contributed by atoms with Gasteiger partial charge in [0.05, 0.1) is 0 Å². The van der Waals surface area contributed by atoms with Crippen LogP contribution in [0.4, 0.5) is 0 Å². The van der Waals surface area contributed by atoms with E-state index in [0.29, 0.717) is 0 Å². The lowest BCUT2D eigenvalue weighted by Gasteiger charge is -2.00. The van der Waals surface area contributed by atoms with E-state index < -0.39 is 0 Å². The third-order valence-electron chi connectivity index (χ3n) is 1.97. The van der Waals surface area contributed by atoms with Gasteiger partial charge in [-0.3, -0.25) is 0 Å². The Morgan fingerprint density at radius 2 is 1.19 bits per heavy atom. The van der Waals surface area contributed by atoms with E-state index in [2.05, 4.69) is 50.7 Å². The van der Waals surface area contributed by atoms with Gasteiger partial charge in [-0.2, -0.15) is 0 Å². The number of thiol groups is 1. The smallest absolute Gasteiger partial charge is 0.00404 e. The van der Waals surface area contributed by atoms with Crippen molar-refractivity contribution in [2.24, 2.45) is 0 Å². The first-order chi connectivity index (χ1) is 7.77. The summed E-state index contributed by atoms with van der Waals surface area (Å²) in [6.07, 6.45) is 1.25. The van der Waals surface area contributed by atoms with Gasteiger partial charge in [0, 0.05) is 4.90 Å². The van der Waals surface area contributed by atoms with Crippen molar-refractivity contribution in [2.45, 2.75) is 25.2 Å². The number of rotatable bonds is 1. The molecule has 2 rings (SSSR count). The monoisotopic (exact) mass is 230 g/mol. The van der Waals surface area contributed by atoms with Crippen LogP contribution in [0.5, 0.6) is 0 Å². The molecule has 0 aliphatic carbocycles. The molecule has 1 heteroatoms. The minimum atomic E-state index is 1.000. The molecular weight excluding hydrogens is 212 g/mol. The summed E-state index contributed by atoms with van der Waals surface area (Å²) < 4.78 is 0. The molecule has 0 nitrogen and oxygen atoms in total. The molecule has 0 aliphatic rings. The van der Waals surface area contributed by atoms with Crippen molar-refractivity contribution < 1.29 is 0 Å². The van der Waals surface area contributed by atoms with Gasteiger partial charge in [-0.1, -0.05) is 62.7 Å². The van der Waals surface area contributed by atoms with E-state index >= 15 is 0 Å². The first-order valence-electron chi connectivity index (χ1n) is 5.62. The Bertz CT molecular complexity index is 390. The summed E-state index contributed by atoms with van der Waals surface area (Å²) in [5.74, 6) is 0. The molecule has 0 aliphatic heterocycles. The minimum Gasteiger partial charge on any atom is -0.143 e. The van der Waals surface area contributed by atoms with Crippen molar-refractivity contribution in [3.8, 4) is 11.1 Å². The predicted octanol–water partition coefficient (Wildman–Crippen LogP) is 5.06. The Hall–Kier alpha value is -1.21. The predicted molar refractivity (Wildman–Crippen MR) is 75.1 cm³/mol. The van der Waals surface area contributed by atoms with E-state index in [0.717, 1.165) is 4.90 Å². The highest BCUT2D eigenvalue weighted by Gasteiger charge is 1.94. The number of hydrogen-bond donors (Lipinski definition) is 1. The van der Waals surface area contributed by atoms with E-state index in [4.69, 9.17) is 0 Å². The number of hydrogen-bond acceptors (Lipinski definition) is 1. The van der Waals surface area contributed by atoms with Gasteiger partial charge < -0.3 is 0 Å². The Morgan fingerprint density at radius 1 is 0.750 bits per heavy atom. The zero-order valence-electron chi connectivity index (χ0n) is 9.85. The fourth-order valence-electron chi connectivity index (χ4n) is 1.28. The van der Waals surface area contributed by atoms with Crippen molar-refractivity contribution >= 4 is 12.6 Å². The highest BCUT2D eigenvalue weighted by atomic mass is 32.1. The summed E-state index contributed by atoms with van der Waals surface area (Å²) in [6.45, 7) is 4.25. The van der Waals surface area contributed by atoms with Gasteiger partial charge in [0.1, 0.15) is 0 Å². The van der Waals surface area contributed by atoms with E-state index in [-0.39, 0.29) is 0 Å². The van der Waals surface area contributed by atoms with Crippen molar-refractivity contribution in [3.63, 3.8) is 0 Å². The molecule has 0 aromatic heterocycles. The van der Waals surface area contributed by atoms with E-state index in [1.54, 1.807) is 0 Å². The molecule has 0 atom stereocenters. The molecule has 0 amide bonds. The molecule has 16 heavy (non-hydrogen) atoms. The van der Waals surface area contributed by atoms with Crippen LogP contribution >= 0.6 is 12.6 Å². The molecule has 0 heterocycles. The molecule has 0 saturated carbocycles. The molecule has 0 bridgehead atoms. The van der Waals surface area contributed by atoms with Crippen LogP contribution in [0.15, 0.2) is 59.5 Å². The van der Waals surface area contributed by atoms with Crippen molar-refractivity contribution in [1.29, 1.82) is 0 Å². The lowest BCUT2D eigenvalue weighted by molar-refractivity contribution is 1.09. The van der Waals surface area contributed by atoms with Gasteiger partial charge in [0.2, 0.25) is 0 Å². The quantitative estimate of drug-likeness (QED) is 0.650. The SMILES string of the molecule is CCC.Sc1ccc(-c2ccccc2)cc1. The highest BCUT2D eigenvalue weighted by molar-refractivity contribution is 7.80. The average Bonchev–Trinajstić information content (AvgIpc) is 2.32. The molecule has 2 aromatic rings. The van der Waals surface area contributed by atoms with Crippen LogP contribution in [0.1, 0.15) is 20.3 Å². The molecular formula is C15H18S. The van der Waals surface area contributed by atoms with Gasteiger partial charge in [-0.25, -0.2) is 0 Å². The molecule has 0 unspecified atom stereocenters. The maximum absolute atomic E-state index is 4.24. The standard InChI is InChI=1S/C12H10S.C3H8/c13-12-8-6-11(7-9-12)10-4-2-1-3-5-10;1-3-2/h1-9,13H;3H2,1-2H3. The Balaban J connectivity index is 0.000000386. The lowest BCUT2D eigenvalue weighted by atomic mass is 10.1. The zero-order valence-corrected chi connectivity index (χ0v) is 10.7. The first kappa shape index (κ1) is 12.9. The summed E-state index contributed by atoms with van der Waals surface area (Å²) in [7, 11) is 0. The van der Waals surface area contributed by atoms with E-state index in [1.165, 1.54) is 17.5 Å². The zero-order chi connectivity index (χ0) is 11.8. The van der Waals surface area contributed by atoms with Gasteiger partial charge in [0.25, 0.3) is 0 Å². The number of benzene rings is 2. The molecule has 2 aromatic carbocycles.